The van der Waals surface area contributed by atoms with Crippen LogP contribution in [0.25, 0.3) is 10.4 Å². The molecule has 4 nitrogen and oxygen atoms in total. The summed E-state index contributed by atoms with van der Waals surface area (Å²) in [5, 5.41) is 12.4. The van der Waals surface area contributed by atoms with Crippen molar-refractivity contribution in [3.63, 3.8) is 0 Å². The van der Waals surface area contributed by atoms with E-state index in [1.54, 1.807) is 31.8 Å². The van der Waals surface area contributed by atoms with E-state index >= 15 is 0 Å². The fourth-order valence-corrected chi connectivity index (χ4v) is 3.16. The van der Waals surface area contributed by atoms with Crippen LogP contribution in [0, 0.1) is 0 Å². The van der Waals surface area contributed by atoms with Crippen LogP contribution in [-0.4, -0.2) is 25.5 Å². The van der Waals surface area contributed by atoms with Crippen LogP contribution in [0.1, 0.15) is 11.1 Å². The van der Waals surface area contributed by atoms with Crippen LogP contribution < -0.4 is 9.47 Å². The van der Waals surface area contributed by atoms with E-state index < -0.39 is 0 Å². The first-order valence-corrected chi connectivity index (χ1v) is 8.67. The van der Waals surface area contributed by atoms with Gasteiger partial charge >= 0.3 is 0 Å². The number of hydrogen-bond acceptors (Lipinski definition) is 5. The minimum Gasteiger partial charge on any atom is -0.504 e. The van der Waals surface area contributed by atoms with Crippen molar-refractivity contribution in [2.24, 2.45) is 4.99 Å². The monoisotopic (exact) mass is 353 g/mol. The highest BCUT2D eigenvalue weighted by atomic mass is 32.1. The molecule has 0 aliphatic heterocycles. The molecule has 3 rings (SSSR count). The van der Waals surface area contributed by atoms with Gasteiger partial charge in [0.1, 0.15) is 5.75 Å². The molecule has 128 valence electrons. The molecule has 1 heterocycles. The highest BCUT2D eigenvalue weighted by Crippen LogP contribution is 2.36. The molecule has 0 unspecified atom stereocenters. The topological polar surface area (TPSA) is 51.0 Å². The van der Waals surface area contributed by atoms with Crippen LogP contribution >= 0.6 is 11.3 Å². The van der Waals surface area contributed by atoms with Gasteiger partial charge in [-0.3, -0.25) is 4.99 Å². The second-order valence-corrected chi connectivity index (χ2v) is 6.36. The van der Waals surface area contributed by atoms with Crippen LogP contribution in [0.5, 0.6) is 17.2 Å². The lowest BCUT2D eigenvalue weighted by atomic mass is 10.1. The molecular weight excluding hydrogens is 334 g/mol. The zero-order chi connectivity index (χ0) is 17.6. The molecule has 0 bridgehead atoms. The lowest BCUT2D eigenvalue weighted by molar-refractivity contribution is 0.373. The lowest BCUT2D eigenvalue weighted by Crippen LogP contribution is -1.91. The number of nitrogens with zero attached hydrogens (tertiary/aromatic N) is 1. The minimum atomic E-state index is 0.0984. The number of phenols is 1. The van der Waals surface area contributed by atoms with Gasteiger partial charge in [0.15, 0.2) is 11.5 Å². The molecule has 5 heteroatoms. The lowest BCUT2D eigenvalue weighted by Gasteiger charge is -2.09. The van der Waals surface area contributed by atoms with E-state index in [1.165, 1.54) is 0 Å². The molecule has 0 spiro atoms. The average Bonchev–Trinajstić information content (AvgIpc) is 3.18. The first-order valence-electron chi connectivity index (χ1n) is 7.79. The molecule has 2 aromatic carbocycles. The normalized spacial score (nSPS) is 11.0. The van der Waals surface area contributed by atoms with E-state index in [0.717, 1.165) is 21.8 Å². The average molecular weight is 353 g/mol. The third kappa shape index (κ3) is 4.00. The molecule has 3 aromatic rings. The number of benzene rings is 2. The highest BCUT2D eigenvalue weighted by molar-refractivity contribution is 7.13. The largest absolute Gasteiger partial charge is 0.504 e. The molecule has 0 saturated heterocycles. The van der Waals surface area contributed by atoms with E-state index in [1.807, 2.05) is 53.9 Å². The number of hydrogen-bond donors (Lipinski definition) is 1. The summed E-state index contributed by atoms with van der Waals surface area (Å²) < 4.78 is 10.4. The molecule has 0 aliphatic carbocycles. The van der Waals surface area contributed by atoms with E-state index in [9.17, 15) is 5.11 Å². The maximum absolute atomic E-state index is 10.3. The molecule has 0 atom stereocenters. The van der Waals surface area contributed by atoms with Crippen molar-refractivity contribution in [3.05, 3.63) is 65.0 Å². The summed E-state index contributed by atoms with van der Waals surface area (Å²) in [6.07, 6.45) is 1.68. The maximum atomic E-state index is 10.3. The van der Waals surface area contributed by atoms with Gasteiger partial charge in [-0.05, 0) is 46.8 Å². The fourth-order valence-electron chi connectivity index (χ4n) is 2.45. The Morgan fingerprint density at radius 1 is 1.08 bits per heavy atom. The third-order valence-corrected chi connectivity index (χ3v) is 4.71. The van der Waals surface area contributed by atoms with E-state index in [2.05, 4.69) is 4.99 Å². The second kappa shape index (κ2) is 7.85. The zero-order valence-electron chi connectivity index (χ0n) is 14.1. The Hall–Kier alpha value is -2.79. The van der Waals surface area contributed by atoms with Crippen LogP contribution in [0.15, 0.2) is 58.9 Å². The smallest absolute Gasteiger partial charge is 0.166 e. The van der Waals surface area contributed by atoms with Gasteiger partial charge in [0.25, 0.3) is 0 Å². The molecular formula is C20H19NO3S. The van der Waals surface area contributed by atoms with Crippen molar-refractivity contribution < 1.29 is 14.6 Å². The Bertz CT molecular complexity index is 855. The Balaban J connectivity index is 1.83. The second-order valence-electron chi connectivity index (χ2n) is 5.41. The summed E-state index contributed by atoms with van der Waals surface area (Å²) in [6.45, 7) is 0.523. The maximum Gasteiger partial charge on any atom is 0.166 e. The predicted octanol–water partition coefficient (Wildman–Crippen LogP) is 4.76. The van der Waals surface area contributed by atoms with Crippen LogP contribution in [0.4, 0.5) is 0 Å². The number of aliphatic imine (C=N–C) groups is 1. The quantitative estimate of drug-likeness (QED) is 0.650. The number of aromatic hydroxyl groups is 1. The molecule has 0 amide bonds. The van der Waals surface area contributed by atoms with Crippen LogP contribution in [-0.2, 0) is 6.54 Å². The van der Waals surface area contributed by atoms with E-state index in [0.29, 0.717) is 17.9 Å². The molecule has 0 aliphatic rings. The van der Waals surface area contributed by atoms with Crippen molar-refractivity contribution in [2.75, 3.05) is 14.2 Å². The van der Waals surface area contributed by atoms with Gasteiger partial charge < -0.3 is 14.6 Å². The van der Waals surface area contributed by atoms with Crippen molar-refractivity contribution in [3.8, 4) is 27.7 Å². The van der Waals surface area contributed by atoms with Gasteiger partial charge in [-0.2, -0.15) is 0 Å². The van der Waals surface area contributed by atoms with Crippen LogP contribution in [0.3, 0.4) is 0 Å². The highest BCUT2D eigenvalue weighted by Gasteiger charge is 2.11. The van der Waals surface area contributed by atoms with Gasteiger partial charge in [-0.25, -0.2) is 0 Å². The van der Waals surface area contributed by atoms with Gasteiger partial charge in [0, 0.05) is 16.7 Å². The standard InChI is InChI=1S/C20H19NO3S/c1-23-17-7-5-14(6-8-17)12-21-13-16-10-15(19-4-3-9-25-19)11-18(24-2)20(16)22/h3-11,13,22H,12H2,1-2H3/b21-13-. The summed E-state index contributed by atoms with van der Waals surface area (Å²) in [5.41, 5.74) is 2.70. The number of thiophene rings is 1. The van der Waals surface area contributed by atoms with Gasteiger partial charge in [-0.15, -0.1) is 11.3 Å². The summed E-state index contributed by atoms with van der Waals surface area (Å²) in [7, 11) is 3.19. The number of phenolic OH excluding ortho intramolecular Hbond substituents is 1. The summed E-state index contributed by atoms with van der Waals surface area (Å²) in [6, 6.07) is 15.5. The van der Waals surface area contributed by atoms with E-state index in [-0.39, 0.29) is 5.75 Å². The Kier molecular flexibility index (Phi) is 5.36. The Morgan fingerprint density at radius 2 is 1.88 bits per heavy atom. The zero-order valence-corrected chi connectivity index (χ0v) is 14.9. The van der Waals surface area contributed by atoms with Crippen molar-refractivity contribution in [1.82, 2.24) is 0 Å². The van der Waals surface area contributed by atoms with Gasteiger partial charge in [0.05, 0.1) is 20.8 Å². The first-order chi connectivity index (χ1) is 12.2. The molecule has 0 saturated carbocycles. The Labute approximate surface area is 151 Å². The van der Waals surface area contributed by atoms with Crippen molar-refractivity contribution in [1.29, 1.82) is 0 Å². The first kappa shape index (κ1) is 17.0. The minimum absolute atomic E-state index is 0.0984. The molecule has 0 fully saturated rings. The van der Waals surface area contributed by atoms with Gasteiger partial charge in [0.2, 0.25) is 0 Å². The summed E-state index contributed by atoms with van der Waals surface area (Å²) in [5.74, 6) is 1.36. The molecule has 0 radical (unpaired) electrons. The molecule has 1 N–H and O–H groups in total. The molecule has 25 heavy (non-hydrogen) atoms. The number of rotatable bonds is 6. The molecule has 1 aromatic heterocycles. The van der Waals surface area contributed by atoms with E-state index in [4.69, 9.17) is 9.47 Å². The third-order valence-electron chi connectivity index (χ3n) is 3.79. The number of ether oxygens (including phenoxy) is 2. The summed E-state index contributed by atoms with van der Waals surface area (Å²) >= 11 is 1.64. The summed E-state index contributed by atoms with van der Waals surface area (Å²) in [4.78, 5) is 5.56. The number of methoxy groups -OCH3 is 2. The van der Waals surface area contributed by atoms with Gasteiger partial charge in [-0.1, -0.05) is 18.2 Å². The SMILES string of the molecule is COc1ccc(C/N=C\c2cc(-c3cccs3)cc(OC)c2O)cc1. The fraction of sp³-hybridized carbons (Fsp3) is 0.150. The van der Waals surface area contributed by atoms with Crippen molar-refractivity contribution >= 4 is 17.6 Å². The van der Waals surface area contributed by atoms with Crippen molar-refractivity contribution in [2.45, 2.75) is 6.54 Å². The Morgan fingerprint density at radius 3 is 2.52 bits per heavy atom. The predicted molar refractivity (Wildman–Crippen MR) is 102 cm³/mol. The van der Waals surface area contributed by atoms with Crippen LogP contribution in [0.2, 0.25) is 0 Å².